The Morgan fingerprint density at radius 2 is 1.18 bits per heavy atom. The molecule has 0 saturated carbocycles. The van der Waals surface area contributed by atoms with Crippen molar-refractivity contribution in [3.63, 3.8) is 0 Å². The zero-order valence-electron chi connectivity index (χ0n) is 23.9. The highest BCUT2D eigenvalue weighted by Crippen LogP contribution is 2.21. The molecular formula is C33H42O6. The van der Waals surface area contributed by atoms with Crippen LogP contribution in [0.1, 0.15) is 76.1 Å². The van der Waals surface area contributed by atoms with Crippen LogP contribution < -0.4 is 0 Å². The maximum absolute atomic E-state index is 12.5. The Hall–Kier alpha value is -3.67. The number of hydrogen-bond donors (Lipinski definition) is 0. The zero-order chi connectivity index (χ0) is 28.7. The molecule has 6 nitrogen and oxygen atoms in total. The lowest BCUT2D eigenvalue weighted by Crippen LogP contribution is -2.33. The molecule has 0 aliphatic carbocycles. The average Bonchev–Trinajstić information content (AvgIpc) is 2.93. The summed E-state index contributed by atoms with van der Waals surface area (Å²) in [7, 11) is 0. The van der Waals surface area contributed by atoms with Crippen molar-refractivity contribution >= 4 is 30.1 Å². The third kappa shape index (κ3) is 11.7. The Kier molecular flexibility index (Phi) is 13.2. The lowest BCUT2D eigenvalue weighted by Gasteiger charge is -2.23. The van der Waals surface area contributed by atoms with E-state index >= 15 is 0 Å². The monoisotopic (exact) mass is 534 g/mol. The van der Waals surface area contributed by atoms with E-state index in [1.807, 2.05) is 55.5 Å². The molecule has 0 amide bonds. The van der Waals surface area contributed by atoms with Gasteiger partial charge < -0.3 is 14.2 Å². The maximum atomic E-state index is 12.5. The minimum absolute atomic E-state index is 0.219. The van der Waals surface area contributed by atoms with Gasteiger partial charge in [0.1, 0.15) is 13.2 Å². The second-order valence-corrected chi connectivity index (χ2v) is 10.2. The molecule has 2 aromatic carbocycles. The standard InChI is InChI=1S/C33H42O6/c1-6-9-25-11-15-27(16-12-25)19-21-30(34)37-23-29(24-38-32(36)33(4,5)8-3)39-31(35)22-20-28-17-13-26(10-7-2)14-18-28/h11-22,29H,6-10,23-24H2,1-5H3/b21-19+,22-20+. The van der Waals surface area contributed by atoms with Gasteiger partial charge in [0.15, 0.2) is 6.10 Å². The van der Waals surface area contributed by atoms with Crippen LogP contribution in [-0.4, -0.2) is 37.2 Å². The molecule has 39 heavy (non-hydrogen) atoms. The van der Waals surface area contributed by atoms with Gasteiger partial charge >= 0.3 is 17.9 Å². The van der Waals surface area contributed by atoms with Crippen LogP contribution in [-0.2, 0) is 41.4 Å². The van der Waals surface area contributed by atoms with Crippen molar-refractivity contribution < 1.29 is 28.6 Å². The average molecular weight is 535 g/mol. The largest absolute Gasteiger partial charge is 0.461 e. The van der Waals surface area contributed by atoms with Gasteiger partial charge in [-0.1, -0.05) is 82.1 Å². The summed E-state index contributed by atoms with van der Waals surface area (Å²) in [6.45, 7) is 9.24. The molecule has 0 aliphatic heterocycles. The van der Waals surface area contributed by atoms with Gasteiger partial charge in [-0.15, -0.1) is 0 Å². The van der Waals surface area contributed by atoms with Crippen molar-refractivity contribution in [2.24, 2.45) is 5.41 Å². The fourth-order valence-corrected chi connectivity index (χ4v) is 3.55. The molecule has 2 aromatic rings. The number of carbonyl (C=O) groups excluding carboxylic acids is 3. The molecule has 1 atom stereocenters. The van der Waals surface area contributed by atoms with Crippen LogP contribution in [0.25, 0.3) is 12.2 Å². The first kappa shape index (κ1) is 31.5. The Morgan fingerprint density at radius 1 is 0.718 bits per heavy atom. The van der Waals surface area contributed by atoms with Gasteiger partial charge in [0, 0.05) is 12.2 Å². The highest BCUT2D eigenvalue weighted by molar-refractivity contribution is 5.88. The van der Waals surface area contributed by atoms with Crippen molar-refractivity contribution in [1.29, 1.82) is 0 Å². The van der Waals surface area contributed by atoms with Crippen molar-refractivity contribution in [3.8, 4) is 0 Å². The number of rotatable bonds is 15. The van der Waals surface area contributed by atoms with E-state index in [1.54, 1.807) is 26.0 Å². The van der Waals surface area contributed by atoms with E-state index in [0.29, 0.717) is 6.42 Å². The number of carbonyl (C=O) groups is 3. The van der Waals surface area contributed by atoms with Crippen molar-refractivity contribution in [2.45, 2.75) is 72.8 Å². The Balaban J connectivity index is 1.99. The number of aryl methyl sites for hydroxylation is 2. The maximum Gasteiger partial charge on any atom is 0.331 e. The molecule has 6 heteroatoms. The van der Waals surface area contributed by atoms with Crippen LogP contribution in [0.4, 0.5) is 0 Å². The molecule has 2 rings (SSSR count). The molecule has 0 aliphatic rings. The fraction of sp³-hybridized carbons (Fsp3) is 0.424. The number of hydrogen-bond acceptors (Lipinski definition) is 6. The molecule has 0 radical (unpaired) electrons. The molecule has 0 N–H and O–H groups in total. The summed E-state index contributed by atoms with van der Waals surface area (Å²) in [4.78, 5) is 37.3. The predicted molar refractivity (Wildman–Crippen MR) is 155 cm³/mol. The quantitative estimate of drug-likeness (QED) is 0.143. The SMILES string of the molecule is CCCc1ccc(/C=C/C(=O)OCC(COC(=O)C(C)(C)CC)OC(=O)/C=C/c2ccc(CCC)cc2)cc1. The highest BCUT2D eigenvalue weighted by Gasteiger charge is 2.28. The molecule has 0 bridgehead atoms. The lowest BCUT2D eigenvalue weighted by atomic mass is 9.91. The third-order valence-electron chi connectivity index (χ3n) is 6.39. The molecule has 0 aromatic heterocycles. The summed E-state index contributed by atoms with van der Waals surface area (Å²) >= 11 is 0. The van der Waals surface area contributed by atoms with Crippen molar-refractivity contribution in [1.82, 2.24) is 0 Å². The summed E-state index contributed by atoms with van der Waals surface area (Å²) in [5, 5.41) is 0. The van der Waals surface area contributed by atoms with Crippen LogP contribution in [0.2, 0.25) is 0 Å². The highest BCUT2D eigenvalue weighted by atomic mass is 16.6. The van der Waals surface area contributed by atoms with Crippen LogP contribution in [0, 0.1) is 5.41 Å². The smallest absolute Gasteiger partial charge is 0.331 e. The van der Waals surface area contributed by atoms with Crippen LogP contribution >= 0.6 is 0 Å². The number of esters is 3. The first-order chi connectivity index (χ1) is 18.7. The molecule has 210 valence electrons. The Morgan fingerprint density at radius 3 is 1.64 bits per heavy atom. The van der Waals surface area contributed by atoms with E-state index in [-0.39, 0.29) is 13.2 Å². The predicted octanol–water partition coefficient (Wildman–Crippen LogP) is 6.75. The minimum Gasteiger partial charge on any atom is -0.461 e. The Labute approximate surface area is 233 Å². The third-order valence-corrected chi connectivity index (χ3v) is 6.39. The summed E-state index contributed by atoms with van der Waals surface area (Å²) < 4.78 is 16.2. The van der Waals surface area contributed by atoms with Gasteiger partial charge in [0.25, 0.3) is 0 Å². The number of benzene rings is 2. The van der Waals surface area contributed by atoms with E-state index in [2.05, 4.69) is 13.8 Å². The summed E-state index contributed by atoms with van der Waals surface area (Å²) in [6.07, 6.45) is 9.74. The molecular weight excluding hydrogens is 492 g/mol. The van der Waals surface area contributed by atoms with Crippen LogP contribution in [0.15, 0.2) is 60.7 Å². The second kappa shape index (κ2) is 16.3. The zero-order valence-corrected chi connectivity index (χ0v) is 23.9. The van der Waals surface area contributed by atoms with Crippen LogP contribution in [0.5, 0.6) is 0 Å². The molecule has 1 unspecified atom stereocenters. The molecule has 0 heterocycles. The molecule has 0 spiro atoms. The molecule has 0 fully saturated rings. The van der Waals surface area contributed by atoms with Crippen molar-refractivity contribution in [2.75, 3.05) is 13.2 Å². The van der Waals surface area contributed by atoms with E-state index in [0.717, 1.165) is 36.8 Å². The van der Waals surface area contributed by atoms with Gasteiger partial charge in [0.2, 0.25) is 0 Å². The summed E-state index contributed by atoms with van der Waals surface area (Å²) in [5.74, 6) is -1.62. The first-order valence-electron chi connectivity index (χ1n) is 13.8. The Bertz CT molecular complexity index is 1110. The first-order valence-corrected chi connectivity index (χ1v) is 13.8. The summed E-state index contributed by atoms with van der Waals surface area (Å²) in [6, 6.07) is 15.9. The lowest BCUT2D eigenvalue weighted by molar-refractivity contribution is -0.167. The van der Waals surface area contributed by atoms with E-state index in [1.165, 1.54) is 23.3 Å². The van der Waals surface area contributed by atoms with Crippen molar-refractivity contribution in [3.05, 3.63) is 82.9 Å². The van der Waals surface area contributed by atoms with Gasteiger partial charge in [-0.25, -0.2) is 9.59 Å². The van der Waals surface area contributed by atoms with Gasteiger partial charge in [-0.2, -0.15) is 0 Å². The molecule has 0 saturated heterocycles. The topological polar surface area (TPSA) is 78.9 Å². The minimum atomic E-state index is -0.948. The fourth-order valence-electron chi connectivity index (χ4n) is 3.55. The normalized spacial score (nSPS) is 12.4. The van der Waals surface area contributed by atoms with Gasteiger partial charge in [-0.05, 0) is 67.5 Å². The van der Waals surface area contributed by atoms with Crippen LogP contribution in [0.3, 0.4) is 0 Å². The van der Waals surface area contributed by atoms with Gasteiger partial charge in [-0.3, -0.25) is 4.79 Å². The summed E-state index contributed by atoms with van der Waals surface area (Å²) in [5.41, 5.74) is 3.53. The van der Waals surface area contributed by atoms with E-state index in [4.69, 9.17) is 14.2 Å². The second-order valence-electron chi connectivity index (χ2n) is 10.2. The number of ether oxygens (including phenoxy) is 3. The van der Waals surface area contributed by atoms with Gasteiger partial charge in [0.05, 0.1) is 5.41 Å². The van der Waals surface area contributed by atoms with E-state index < -0.39 is 29.4 Å². The van der Waals surface area contributed by atoms with E-state index in [9.17, 15) is 14.4 Å².